The van der Waals surface area contributed by atoms with E-state index in [1.807, 2.05) is 0 Å². The van der Waals surface area contributed by atoms with E-state index in [4.69, 9.17) is 0 Å². The summed E-state index contributed by atoms with van der Waals surface area (Å²) in [6, 6.07) is 3.30. The van der Waals surface area contributed by atoms with Crippen LogP contribution in [0.25, 0.3) is 0 Å². The number of rotatable bonds is 3. The van der Waals surface area contributed by atoms with Crippen molar-refractivity contribution < 1.29 is 14.0 Å². The van der Waals surface area contributed by atoms with Crippen LogP contribution in [0.3, 0.4) is 0 Å². The van der Waals surface area contributed by atoms with Gasteiger partial charge in [-0.15, -0.1) is 0 Å². The van der Waals surface area contributed by atoms with Crippen LogP contribution in [0.5, 0.6) is 0 Å². The van der Waals surface area contributed by atoms with E-state index in [1.165, 1.54) is 6.07 Å². The van der Waals surface area contributed by atoms with Crippen LogP contribution in [0, 0.1) is 12.7 Å². The van der Waals surface area contributed by atoms with Crippen molar-refractivity contribution in [1.29, 1.82) is 0 Å². The van der Waals surface area contributed by atoms with Crippen molar-refractivity contribution in [2.45, 2.75) is 19.4 Å². The maximum absolute atomic E-state index is 13.8. The van der Waals surface area contributed by atoms with Crippen molar-refractivity contribution in [3.63, 3.8) is 0 Å². The van der Waals surface area contributed by atoms with Gasteiger partial charge in [0.05, 0.1) is 17.6 Å². The Balaban J connectivity index is 1.64. The molecule has 126 valence electrons. The number of carbonyl (C=O) groups excluding carboxylic acids is 2. The molecule has 0 bridgehead atoms. The van der Waals surface area contributed by atoms with Gasteiger partial charge in [0, 0.05) is 19.8 Å². The molecule has 0 aliphatic carbocycles. The molecule has 0 spiro atoms. The Hall–Kier alpha value is -2.90. The molecular weight excluding hydrogens is 313 g/mol. The third kappa shape index (κ3) is 3.08. The van der Waals surface area contributed by atoms with Gasteiger partial charge < -0.3 is 15.5 Å². The third-order valence-electron chi connectivity index (χ3n) is 3.97. The first kappa shape index (κ1) is 16.0. The summed E-state index contributed by atoms with van der Waals surface area (Å²) in [6.07, 6.45) is 3.82. The highest BCUT2D eigenvalue weighted by Crippen LogP contribution is 2.21. The number of aromatic nitrogens is 2. The van der Waals surface area contributed by atoms with Crippen LogP contribution in [0.1, 0.15) is 12.0 Å². The fourth-order valence-corrected chi connectivity index (χ4v) is 2.72. The summed E-state index contributed by atoms with van der Waals surface area (Å²) in [5.74, 6) is -0.719. The number of urea groups is 1. The molecule has 7 nitrogen and oxygen atoms in total. The molecule has 3 rings (SSSR count). The molecule has 2 N–H and O–H groups in total. The van der Waals surface area contributed by atoms with Crippen molar-refractivity contribution in [3.05, 3.63) is 42.0 Å². The molecule has 1 saturated heterocycles. The Morgan fingerprint density at radius 1 is 1.42 bits per heavy atom. The van der Waals surface area contributed by atoms with Crippen molar-refractivity contribution in [1.82, 2.24) is 15.1 Å². The molecule has 24 heavy (non-hydrogen) atoms. The topological polar surface area (TPSA) is 79.3 Å². The highest BCUT2D eigenvalue weighted by Gasteiger charge is 2.34. The molecular formula is C16H18FN5O2. The number of amides is 3. The molecule has 0 saturated carbocycles. The van der Waals surface area contributed by atoms with E-state index in [9.17, 15) is 14.0 Å². The number of nitrogens with one attached hydrogen (secondary N) is 2. The monoisotopic (exact) mass is 331 g/mol. The van der Waals surface area contributed by atoms with Gasteiger partial charge in [-0.25, -0.2) is 9.18 Å². The molecule has 2 aromatic rings. The van der Waals surface area contributed by atoms with Crippen molar-refractivity contribution in [3.8, 4) is 0 Å². The van der Waals surface area contributed by atoms with Gasteiger partial charge >= 0.3 is 6.03 Å². The van der Waals surface area contributed by atoms with Crippen LogP contribution in [0.2, 0.25) is 0 Å². The zero-order valence-corrected chi connectivity index (χ0v) is 13.4. The van der Waals surface area contributed by atoms with E-state index in [2.05, 4.69) is 15.7 Å². The van der Waals surface area contributed by atoms with Crippen LogP contribution in [-0.2, 0) is 11.8 Å². The van der Waals surface area contributed by atoms with E-state index in [0.717, 1.165) is 0 Å². The number of para-hydroxylation sites is 1. The lowest BCUT2D eigenvalue weighted by Gasteiger charge is -2.16. The average molecular weight is 331 g/mol. The quantitative estimate of drug-likeness (QED) is 0.900. The Kier molecular flexibility index (Phi) is 4.20. The minimum absolute atomic E-state index is 0.115. The van der Waals surface area contributed by atoms with Gasteiger partial charge in [-0.3, -0.25) is 9.48 Å². The van der Waals surface area contributed by atoms with Gasteiger partial charge in [-0.05, 0) is 25.0 Å². The largest absolute Gasteiger partial charge is 0.326 e. The Morgan fingerprint density at radius 3 is 2.88 bits per heavy atom. The maximum atomic E-state index is 13.8. The summed E-state index contributed by atoms with van der Waals surface area (Å²) < 4.78 is 15.4. The summed E-state index contributed by atoms with van der Waals surface area (Å²) >= 11 is 0. The first-order chi connectivity index (χ1) is 11.5. The number of nitrogens with zero attached hydrogens (tertiary/aromatic N) is 3. The molecule has 0 unspecified atom stereocenters. The first-order valence-electron chi connectivity index (χ1n) is 7.58. The van der Waals surface area contributed by atoms with E-state index >= 15 is 0 Å². The minimum atomic E-state index is -0.641. The third-order valence-corrected chi connectivity index (χ3v) is 3.97. The van der Waals surface area contributed by atoms with Gasteiger partial charge in [0.15, 0.2) is 0 Å². The second kappa shape index (κ2) is 6.31. The smallest absolute Gasteiger partial charge is 0.319 e. The Labute approximate surface area is 138 Å². The summed E-state index contributed by atoms with van der Waals surface area (Å²) in [6.45, 7) is 2.19. The molecule has 1 atom stereocenters. The fourth-order valence-electron chi connectivity index (χ4n) is 2.72. The van der Waals surface area contributed by atoms with Gasteiger partial charge in [0.1, 0.15) is 11.9 Å². The van der Waals surface area contributed by atoms with Crippen molar-refractivity contribution >= 4 is 23.3 Å². The number of carbonyl (C=O) groups is 2. The molecule has 2 heterocycles. The van der Waals surface area contributed by atoms with Crippen LogP contribution < -0.4 is 15.5 Å². The molecule has 1 fully saturated rings. The SMILES string of the molecule is Cc1cccc(F)c1NC(=O)N[C@H]1CCN(c2cnn(C)c2)C1=O. The highest BCUT2D eigenvalue weighted by molar-refractivity contribution is 6.02. The molecule has 0 radical (unpaired) electrons. The molecule has 1 aliphatic heterocycles. The molecule has 1 aliphatic rings. The van der Waals surface area contributed by atoms with Gasteiger partial charge in [-0.1, -0.05) is 12.1 Å². The van der Waals surface area contributed by atoms with E-state index in [-0.39, 0.29) is 11.6 Å². The first-order valence-corrected chi connectivity index (χ1v) is 7.58. The van der Waals surface area contributed by atoms with E-state index in [1.54, 1.807) is 48.1 Å². The number of halogens is 1. The van der Waals surface area contributed by atoms with Crippen LogP contribution in [-0.4, -0.2) is 34.3 Å². The number of anilines is 2. The van der Waals surface area contributed by atoms with Crippen molar-refractivity contribution in [2.75, 3.05) is 16.8 Å². The molecule has 1 aromatic carbocycles. The molecule has 1 aromatic heterocycles. The number of aryl methyl sites for hydroxylation is 2. The average Bonchev–Trinajstić information content (AvgIpc) is 3.10. The second-order valence-electron chi connectivity index (χ2n) is 5.73. The lowest BCUT2D eigenvalue weighted by atomic mass is 10.2. The number of hydrogen-bond acceptors (Lipinski definition) is 3. The predicted molar refractivity (Wildman–Crippen MR) is 87.3 cm³/mol. The van der Waals surface area contributed by atoms with E-state index in [0.29, 0.717) is 24.2 Å². The Bertz CT molecular complexity index is 768. The van der Waals surface area contributed by atoms with Gasteiger partial charge in [0.25, 0.3) is 0 Å². The Morgan fingerprint density at radius 2 is 2.21 bits per heavy atom. The molecule has 3 amide bonds. The van der Waals surface area contributed by atoms with Crippen LogP contribution in [0.4, 0.5) is 20.6 Å². The normalized spacial score (nSPS) is 17.2. The second-order valence-corrected chi connectivity index (χ2v) is 5.73. The lowest BCUT2D eigenvalue weighted by Crippen LogP contribution is -2.43. The standard InChI is InChI=1S/C16H18FN5O2/c1-10-4-3-5-12(17)14(10)20-16(24)19-13-6-7-22(15(13)23)11-8-18-21(2)9-11/h3-5,8-9,13H,6-7H2,1-2H3,(H2,19,20,24)/t13-/m0/s1. The van der Waals surface area contributed by atoms with E-state index < -0.39 is 17.9 Å². The minimum Gasteiger partial charge on any atom is -0.326 e. The lowest BCUT2D eigenvalue weighted by molar-refractivity contribution is -0.118. The predicted octanol–water partition coefficient (Wildman–Crippen LogP) is 1.79. The summed E-state index contributed by atoms with van der Waals surface area (Å²) in [5, 5.41) is 9.11. The summed E-state index contributed by atoms with van der Waals surface area (Å²) in [7, 11) is 1.77. The number of benzene rings is 1. The maximum Gasteiger partial charge on any atom is 0.319 e. The van der Waals surface area contributed by atoms with Crippen LogP contribution in [0.15, 0.2) is 30.6 Å². The zero-order chi connectivity index (χ0) is 17.3. The summed E-state index contributed by atoms with van der Waals surface area (Å²) in [5.41, 5.74) is 1.42. The summed E-state index contributed by atoms with van der Waals surface area (Å²) in [4.78, 5) is 26.1. The zero-order valence-electron chi connectivity index (χ0n) is 13.4. The highest BCUT2D eigenvalue weighted by atomic mass is 19.1. The van der Waals surface area contributed by atoms with Gasteiger partial charge in [0.2, 0.25) is 5.91 Å². The van der Waals surface area contributed by atoms with Crippen molar-refractivity contribution in [2.24, 2.45) is 7.05 Å². The number of hydrogen-bond donors (Lipinski definition) is 2. The fraction of sp³-hybridized carbons (Fsp3) is 0.312. The van der Waals surface area contributed by atoms with Crippen LogP contribution >= 0.6 is 0 Å². The molecule has 8 heteroatoms. The van der Waals surface area contributed by atoms with Gasteiger partial charge in [-0.2, -0.15) is 5.10 Å².